The van der Waals surface area contributed by atoms with Crippen LogP contribution < -0.4 is 5.32 Å². The Morgan fingerprint density at radius 2 is 2.10 bits per heavy atom. The molecule has 3 nitrogen and oxygen atoms in total. The van der Waals surface area contributed by atoms with E-state index in [1.54, 1.807) is 6.07 Å². The molecule has 0 aromatic heterocycles. The third-order valence-electron chi connectivity index (χ3n) is 5.01. The van der Waals surface area contributed by atoms with Crippen molar-refractivity contribution in [3.05, 3.63) is 34.3 Å². The number of benzene rings is 1. The quantitative estimate of drug-likeness (QED) is 0.911. The van der Waals surface area contributed by atoms with Gasteiger partial charge in [-0.3, -0.25) is 4.90 Å². The predicted molar refractivity (Wildman–Crippen MR) is 85.3 cm³/mol. The zero-order valence-corrected chi connectivity index (χ0v) is 13.1. The maximum absolute atomic E-state index is 8.95. The fourth-order valence-electron chi connectivity index (χ4n) is 3.78. The van der Waals surface area contributed by atoms with Gasteiger partial charge >= 0.3 is 0 Å². The van der Waals surface area contributed by atoms with Gasteiger partial charge in [-0.25, -0.2) is 0 Å². The van der Waals surface area contributed by atoms with Crippen LogP contribution in [0.5, 0.6) is 0 Å². The van der Waals surface area contributed by atoms with Crippen LogP contribution in [-0.2, 0) is 6.54 Å². The van der Waals surface area contributed by atoms with Crippen molar-refractivity contribution in [3.63, 3.8) is 0 Å². The highest BCUT2D eigenvalue weighted by molar-refractivity contribution is 6.31. The van der Waals surface area contributed by atoms with E-state index in [0.29, 0.717) is 11.1 Å². The molecule has 1 aliphatic heterocycles. The summed E-state index contributed by atoms with van der Waals surface area (Å²) in [6.45, 7) is 4.12. The van der Waals surface area contributed by atoms with Gasteiger partial charge in [-0.05, 0) is 30.5 Å². The first-order valence-corrected chi connectivity index (χ1v) is 8.26. The maximum Gasteiger partial charge on any atom is 0.0992 e. The molecule has 0 amide bonds. The molecule has 0 atom stereocenters. The summed E-state index contributed by atoms with van der Waals surface area (Å²) in [4.78, 5) is 2.62. The van der Waals surface area contributed by atoms with E-state index in [9.17, 15) is 0 Å². The SMILES string of the molecule is N#Cc1ccc(CN2CCNCC23CCCCC3)c(Cl)c1. The summed E-state index contributed by atoms with van der Waals surface area (Å²) in [5.74, 6) is 0. The summed E-state index contributed by atoms with van der Waals surface area (Å²) < 4.78 is 0. The first kappa shape index (κ1) is 14.8. The predicted octanol–water partition coefficient (Wildman–Crippen LogP) is 3.32. The van der Waals surface area contributed by atoms with Crippen molar-refractivity contribution in [3.8, 4) is 6.07 Å². The van der Waals surface area contributed by atoms with Crippen LogP contribution in [0.2, 0.25) is 5.02 Å². The molecule has 112 valence electrons. The molecule has 0 unspecified atom stereocenters. The Balaban J connectivity index is 1.80. The molecule has 2 fully saturated rings. The number of rotatable bonds is 2. The number of halogens is 1. The Kier molecular flexibility index (Phi) is 4.49. The summed E-state index contributed by atoms with van der Waals surface area (Å²) in [7, 11) is 0. The molecule has 21 heavy (non-hydrogen) atoms. The third-order valence-corrected chi connectivity index (χ3v) is 5.36. The van der Waals surface area contributed by atoms with E-state index in [2.05, 4.69) is 16.3 Å². The van der Waals surface area contributed by atoms with Crippen LogP contribution >= 0.6 is 11.6 Å². The largest absolute Gasteiger partial charge is 0.314 e. The van der Waals surface area contributed by atoms with Crippen LogP contribution in [0.1, 0.15) is 43.2 Å². The Morgan fingerprint density at radius 1 is 1.29 bits per heavy atom. The second kappa shape index (κ2) is 6.36. The second-order valence-electron chi connectivity index (χ2n) is 6.30. The highest BCUT2D eigenvalue weighted by Crippen LogP contribution is 2.36. The zero-order valence-electron chi connectivity index (χ0n) is 12.4. The number of hydrogen-bond acceptors (Lipinski definition) is 3. The molecule has 1 heterocycles. The monoisotopic (exact) mass is 303 g/mol. The topological polar surface area (TPSA) is 39.1 Å². The molecule has 4 heteroatoms. The standard InChI is InChI=1S/C17H22ClN3/c18-16-10-14(11-19)4-5-15(16)12-21-9-8-20-13-17(21)6-2-1-3-7-17/h4-5,10,20H,1-3,6-9,12-13H2. The molecule has 3 rings (SSSR count). The zero-order chi connectivity index (χ0) is 14.7. The van der Waals surface area contributed by atoms with E-state index in [1.807, 2.05) is 12.1 Å². The molecule has 1 N–H and O–H groups in total. The minimum atomic E-state index is 0.313. The molecule has 1 aromatic rings. The van der Waals surface area contributed by atoms with E-state index in [0.717, 1.165) is 36.8 Å². The van der Waals surface area contributed by atoms with Gasteiger partial charge in [-0.1, -0.05) is 36.9 Å². The van der Waals surface area contributed by atoms with Crippen molar-refractivity contribution in [2.75, 3.05) is 19.6 Å². The highest BCUT2D eigenvalue weighted by Gasteiger charge is 2.39. The van der Waals surface area contributed by atoms with Gasteiger partial charge in [0.1, 0.15) is 0 Å². The van der Waals surface area contributed by atoms with Gasteiger partial charge in [-0.15, -0.1) is 0 Å². The van der Waals surface area contributed by atoms with Crippen molar-refractivity contribution in [1.82, 2.24) is 10.2 Å². The Bertz CT molecular complexity index is 535. The minimum absolute atomic E-state index is 0.313. The first-order chi connectivity index (χ1) is 10.2. The van der Waals surface area contributed by atoms with Crippen LogP contribution in [0.15, 0.2) is 18.2 Å². The van der Waals surface area contributed by atoms with Gasteiger partial charge in [0.15, 0.2) is 0 Å². The van der Waals surface area contributed by atoms with Crippen LogP contribution in [0.3, 0.4) is 0 Å². The molecule has 0 bridgehead atoms. The summed E-state index contributed by atoms with van der Waals surface area (Å²) in [6.07, 6.45) is 6.60. The lowest BCUT2D eigenvalue weighted by atomic mass is 9.79. The average Bonchev–Trinajstić information content (AvgIpc) is 2.52. The van der Waals surface area contributed by atoms with Gasteiger partial charge < -0.3 is 5.32 Å². The lowest BCUT2D eigenvalue weighted by molar-refractivity contribution is 0.0209. The molecular weight excluding hydrogens is 282 g/mol. The van der Waals surface area contributed by atoms with Gasteiger partial charge in [0.05, 0.1) is 11.6 Å². The van der Waals surface area contributed by atoms with Crippen LogP contribution in [0.4, 0.5) is 0 Å². The summed E-state index contributed by atoms with van der Waals surface area (Å²) in [5.41, 5.74) is 2.09. The molecule has 1 aliphatic carbocycles. The molecule has 1 aromatic carbocycles. The van der Waals surface area contributed by atoms with Crippen molar-refractivity contribution in [1.29, 1.82) is 5.26 Å². The molecular formula is C17H22ClN3. The van der Waals surface area contributed by atoms with Crippen molar-refractivity contribution in [2.24, 2.45) is 0 Å². The molecule has 0 radical (unpaired) electrons. The van der Waals surface area contributed by atoms with E-state index in [1.165, 1.54) is 32.1 Å². The first-order valence-electron chi connectivity index (χ1n) is 7.88. The van der Waals surface area contributed by atoms with Crippen molar-refractivity contribution >= 4 is 11.6 Å². The van der Waals surface area contributed by atoms with E-state index in [-0.39, 0.29) is 0 Å². The van der Waals surface area contributed by atoms with E-state index in [4.69, 9.17) is 16.9 Å². The summed E-state index contributed by atoms with van der Waals surface area (Å²) in [6, 6.07) is 7.82. The molecule has 1 saturated carbocycles. The number of piperazine rings is 1. The summed E-state index contributed by atoms with van der Waals surface area (Å²) in [5, 5.41) is 13.2. The third kappa shape index (κ3) is 3.08. The maximum atomic E-state index is 8.95. The summed E-state index contributed by atoms with van der Waals surface area (Å²) >= 11 is 6.36. The Hall–Kier alpha value is -1.08. The van der Waals surface area contributed by atoms with Gasteiger partial charge in [0.25, 0.3) is 0 Å². The number of nitrogens with zero attached hydrogens (tertiary/aromatic N) is 2. The van der Waals surface area contributed by atoms with E-state index >= 15 is 0 Å². The van der Waals surface area contributed by atoms with Gasteiger partial charge in [-0.2, -0.15) is 5.26 Å². The lowest BCUT2D eigenvalue weighted by Gasteiger charge is -2.50. The molecule has 1 saturated heterocycles. The van der Waals surface area contributed by atoms with Crippen LogP contribution in [-0.4, -0.2) is 30.1 Å². The average molecular weight is 304 g/mol. The molecule has 1 spiro atoms. The fraction of sp³-hybridized carbons (Fsp3) is 0.588. The highest BCUT2D eigenvalue weighted by atomic mass is 35.5. The minimum Gasteiger partial charge on any atom is -0.314 e. The fourth-order valence-corrected chi connectivity index (χ4v) is 4.02. The Labute approximate surface area is 131 Å². The second-order valence-corrected chi connectivity index (χ2v) is 6.71. The van der Waals surface area contributed by atoms with Gasteiger partial charge in [0, 0.05) is 36.7 Å². The normalized spacial score (nSPS) is 22.1. The number of nitriles is 1. The van der Waals surface area contributed by atoms with E-state index < -0.39 is 0 Å². The van der Waals surface area contributed by atoms with Crippen molar-refractivity contribution in [2.45, 2.75) is 44.2 Å². The van der Waals surface area contributed by atoms with Gasteiger partial charge in [0.2, 0.25) is 0 Å². The number of hydrogen-bond donors (Lipinski definition) is 1. The van der Waals surface area contributed by atoms with Crippen molar-refractivity contribution < 1.29 is 0 Å². The Morgan fingerprint density at radius 3 is 2.81 bits per heavy atom. The smallest absolute Gasteiger partial charge is 0.0992 e. The lowest BCUT2D eigenvalue weighted by Crippen LogP contribution is -2.61. The molecule has 2 aliphatic rings. The van der Waals surface area contributed by atoms with Crippen LogP contribution in [0, 0.1) is 11.3 Å². The van der Waals surface area contributed by atoms with Crippen LogP contribution in [0.25, 0.3) is 0 Å². The number of nitrogens with one attached hydrogen (secondary N) is 1.